The molecular formula is C18H14LiN3O4S. The van der Waals surface area contributed by atoms with Crippen molar-refractivity contribution >= 4 is 27.5 Å². The van der Waals surface area contributed by atoms with Crippen molar-refractivity contribution in [2.75, 3.05) is 0 Å². The van der Waals surface area contributed by atoms with Gasteiger partial charge in [0.1, 0.15) is 0 Å². The first-order valence-electron chi connectivity index (χ1n) is 7.57. The van der Waals surface area contributed by atoms with Gasteiger partial charge in [-0.05, 0) is 37.1 Å². The second-order valence-corrected chi connectivity index (χ2v) is 6.70. The topological polar surface area (TPSA) is 119 Å². The molecule has 0 unspecified atom stereocenters. The second-order valence-electron chi connectivity index (χ2n) is 5.70. The SMILES string of the molecule is Cc1ccc(C)c2sc(-c3nc(-c4ccc(C(=O)O)cc4)no3)nc12.[Li+].[OH-]. The fraction of sp³-hybridized carbons (Fsp3) is 0.111. The Morgan fingerprint density at radius 2 is 1.70 bits per heavy atom. The fourth-order valence-electron chi connectivity index (χ4n) is 2.54. The molecule has 0 amide bonds. The molecule has 0 saturated carbocycles. The van der Waals surface area contributed by atoms with Crippen LogP contribution >= 0.6 is 11.3 Å². The first kappa shape index (κ1) is 20.8. The molecule has 4 aromatic rings. The third kappa shape index (κ3) is 3.79. The number of thiazole rings is 1. The van der Waals surface area contributed by atoms with E-state index in [0.717, 1.165) is 21.3 Å². The van der Waals surface area contributed by atoms with Gasteiger partial charge in [-0.2, -0.15) is 4.98 Å². The Morgan fingerprint density at radius 1 is 1.04 bits per heavy atom. The predicted molar refractivity (Wildman–Crippen MR) is 96.7 cm³/mol. The Labute approximate surface area is 170 Å². The molecule has 9 heteroatoms. The van der Waals surface area contributed by atoms with Crippen LogP contribution in [0.1, 0.15) is 21.5 Å². The van der Waals surface area contributed by atoms with E-state index in [4.69, 9.17) is 9.63 Å². The first-order chi connectivity index (χ1) is 12.0. The standard InChI is InChI=1S/C18H13N3O3S.Li.H2O/c1-9-3-4-10(2)14-13(9)19-17(25-14)16-20-15(21-24-16)11-5-7-12(8-6-11)18(22)23;;/h3-8H,1-2H3,(H,22,23);;1H2/q;+1;/p-1. The Balaban J connectivity index is 0.00000131. The fourth-order valence-corrected chi connectivity index (χ4v) is 3.57. The molecule has 0 fully saturated rings. The van der Waals surface area contributed by atoms with Crippen LogP contribution in [0.25, 0.3) is 32.5 Å². The van der Waals surface area contributed by atoms with Crippen LogP contribution in [-0.2, 0) is 0 Å². The Hall–Kier alpha value is -2.50. The van der Waals surface area contributed by atoms with Gasteiger partial charge < -0.3 is 15.1 Å². The number of hydrogen-bond donors (Lipinski definition) is 1. The average molecular weight is 375 g/mol. The molecule has 0 spiro atoms. The minimum Gasteiger partial charge on any atom is -0.870 e. The van der Waals surface area contributed by atoms with E-state index in [-0.39, 0.29) is 29.9 Å². The zero-order valence-corrected chi connectivity index (χ0v) is 15.7. The minimum atomic E-state index is -0.972. The molecule has 0 aliphatic heterocycles. The van der Waals surface area contributed by atoms with Crippen LogP contribution < -0.4 is 18.9 Å². The monoisotopic (exact) mass is 375 g/mol. The minimum absolute atomic E-state index is 0. The summed E-state index contributed by atoms with van der Waals surface area (Å²) in [6.45, 7) is 4.07. The van der Waals surface area contributed by atoms with Crippen molar-refractivity contribution in [1.29, 1.82) is 0 Å². The molecule has 0 saturated heterocycles. The van der Waals surface area contributed by atoms with Gasteiger partial charge in [0.05, 0.1) is 15.8 Å². The second kappa shape index (κ2) is 8.02. The van der Waals surface area contributed by atoms with E-state index in [1.807, 2.05) is 19.9 Å². The van der Waals surface area contributed by atoms with Crippen LogP contribution in [0.4, 0.5) is 0 Å². The molecule has 0 aliphatic carbocycles. The average Bonchev–Trinajstić information content (AvgIpc) is 3.26. The van der Waals surface area contributed by atoms with E-state index in [9.17, 15) is 4.79 Å². The molecule has 132 valence electrons. The summed E-state index contributed by atoms with van der Waals surface area (Å²) in [5.41, 5.74) is 4.11. The summed E-state index contributed by atoms with van der Waals surface area (Å²) in [6, 6.07) is 10.5. The smallest absolute Gasteiger partial charge is 0.870 e. The van der Waals surface area contributed by atoms with Gasteiger partial charge in [-0.25, -0.2) is 9.78 Å². The number of aryl methyl sites for hydroxylation is 2. The molecular weight excluding hydrogens is 361 g/mol. The van der Waals surface area contributed by atoms with Crippen molar-refractivity contribution in [1.82, 2.24) is 15.1 Å². The number of benzene rings is 2. The van der Waals surface area contributed by atoms with Crippen LogP contribution in [-0.4, -0.2) is 31.7 Å². The summed E-state index contributed by atoms with van der Waals surface area (Å²) in [7, 11) is 0. The van der Waals surface area contributed by atoms with Gasteiger partial charge in [-0.15, -0.1) is 11.3 Å². The van der Waals surface area contributed by atoms with E-state index in [2.05, 4.69) is 21.2 Å². The predicted octanol–water partition coefficient (Wildman–Crippen LogP) is 1.16. The maximum absolute atomic E-state index is 10.9. The van der Waals surface area contributed by atoms with E-state index >= 15 is 0 Å². The maximum atomic E-state index is 10.9. The summed E-state index contributed by atoms with van der Waals surface area (Å²) in [6.07, 6.45) is 0. The summed E-state index contributed by atoms with van der Waals surface area (Å²) in [5.74, 6) is -0.211. The van der Waals surface area contributed by atoms with Gasteiger partial charge in [-0.1, -0.05) is 29.4 Å². The zero-order chi connectivity index (χ0) is 17.6. The number of hydrogen-bond acceptors (Lipinski definition) is 7. The molecule has 0 atom stereocenters. The number of carboxylic acids is 1. The van der Waals surface area contributed by atoms with Crippen LogP contribution in [0.15, 0.2) is 40.9 Å². The summed E-state index contributed by atoms with van der Waals surface area (Å²) in [5, 5.41) is 13.6. The maximum Gasteiger partial charge on any atom is 1.00 e. The van der Waals surface area contributed by atoms with Gasteiger partial charge in [0, 0.05) is 5.56 Å². The van der Waals surface area contributed by atoms with Gasteiger partial charge in [0.25, 0.3) is 5.89 Å². The Kier molecular flexibility index (Phi) is 6.18. The van der Waals surface area contributed by atoms with Crippen molar-refractivity contribution in [3.05, 3.63) is 53.1 Å². The van der Waals surface area contributed by atoms with Crippen LogP contribution in [0, 0.1) is 13.8 Å². The number of carbonyl (C=O) groups is 1. The molecule has 2 N–H and O–H groups in total. The molecule has 27 heavy (non-hydrogen) atoms. The summed E-state index contributed by atoms with van der Waals surface area (Å²) >= 11 is 1.52. The summed E-state index contributed by atoms with van der Waals surface area (Å²) in [4.78, 5) is 20.0. The van der Waals surface area contributed by atoms with Crippen LogP contribution in [0.2, 0.25) is 0 Å². The quantitative estimate of drug-likeness (QED) is 0.534. The Morgan fingerprint density at radius 3 is 2.33 bits per heavy atom. The van der Waals surface area contributed by atoms with Gasteiger partial charge >= 0.3 is 24.8 Å². The Bertz CT molecular complexity index is 1070. The van der Waals surface area contributed by atoms with E-state index in [1.165, 1.54) is 23.5 Å². The molecule has 2 aromatic heterocycles. The van der Waals surface area contributed by atoms with Crippen molar-refractivity contribution < 1.29 is 38.8 Å². The largest absolute Gasteiger partial charge is 1.00 e. The third-order valence-electron chi connectivity index (χ3n) is 3.94. The van der Waals surface area contributed by atoms with E-state index in [0.29, 0.717) is 22.3 Å². The number of aromatic nitrogens is 3. The van der Waals surface area contributed by atoms with Crippen molar-refractivity contribution in [2.24, 2.45) is 0 Å². The van der Waals surface area contributed by atoms with Crippen molar-refractivity contribution in [3.63, 3.8) is 0 Å². The van der Waals surface area contributed by atoms with Gasteiger partial charge in [0.15, 0.2) is 5.01 Å². The zero-order valence-electron chi connectivity index (χ0n) is 14.9. The van der Waals surface area contributed by atoms with Gasteiger partial charge in [0.2, 0.25) is 5.82 Å². The first-order valence-corrected chi connectivity index (χ1v) is 8.39. The van der Waals surface area contributed by atoms with Crippen LogP contribution in [0.5, 0.6) is 0 Å². The number of fused-ring (bicyclic) bond motifs is 1. The molecule has 0 radical (unpaired) electrons. The number of carboxylic acid groups (broad SMARTS) is 1. The molecule has 2 heterocycles. The van der Waals surface area contributed by atoms with E-state index < -0.39 is 5.97 Å². The molecule has 7 nitrogen and oxygen atoms in total. The molecule has 0 bridgehead atoms. The van der Waals surface area contributed by atoms with E-state index in [1.54, 1.807) is 12.1 Å². The van der Waals surface area contributed by atoms with Crippen LogP contribution in [0.3, 0.4) is 0 Å². The molecule has 2 aromatic carbocycles. The normalized spacial score (nSPS) is 10.3. The third-order valence-corrected chi connectivity index (χ3v) is 5.12. The summed E-state index contributed by atoms with van der Waals surface area (Å²) < 4.78 is 6.47. The number of rotatable bonds is 3. The number of nitrogens with zero attached hydrogens (tertiary/aromatic N) is 3. The molecule has 0 aliphatic rings. The number of aromatic carboxylic acids is 1. The van der Waals surface area contributed by atoms with Crippen molar-refractivity contribution in [2.45, 2.75) is 13.8 Å². The molecule has 4 rings (SSSR count). The van der Waals surface area contributed by atoms with Gasteiger partial charge in [-0.3, -0.25) is 0 Å². The van der Waals surface area contributed by atoms with Crippen molar-refractivity contribution in [3.8, 4) is 22.3 Å².